The Morgan fingerprint density at radius 3 is 3.00 bits per heavy atom. The maximum absolute atomic E-state index is 13.9. The summed E-state index contributed by atoms with van der Waals surface area (Å²) in [5, 5.41) is 3.19. The summed E-state index contributed by atoms with van der Waals surface area (Å²) in [4.78, 5) is 3.80. The van der Waals surface area contributed by atoms with Crippen LogP contribution in [0.3, 0.4) is 0 Å². The van der Waals surface area contributed by atoms with Crippen molar-refractivity contribution in [3.8, 4) is 5.75 Å². The van der Waals surface area contributed by atoms with Crippen LogP contribution in [0.1, 0.15) is 23.1 Å². The number of pyridine rings is 1. The van der Waals surface area contributed by atoms with Gasteiger partial charge in [0.25, 0.3) is 0 Å². The molecule has 0 radical (unpaired) electrons. The van der Waals surface area contributed by atoms with Crippen LogP contribution in [0, 0.1) is 5.82 Å². The van der Waals surface area contributed by atoms with Crippen molar-refractivity contribution in [1.29, 1.82) is 0 Å². The molecule has 3 rings (SSSR count). The molecule has 0 bridgehead atoms. The van der Waals surface area contributed by atoms with Crippen molar-refractivity contribution < 1.29 is 9.13 Å². The van der Waals surface area contributed by atoms with Gasteiger partial charge in [-0.2, -0.15) is 0 Å². The summed E-state index contributed by atoms with van der Waals surface area (Å²) in [5.74, 6) is 0.714. The number of nitrogens with one attached hydrogen (secondary N) is 1. The number of halogens is 1. The molecule has 1 aromatic carbocycles. The van der Waals surface area contributed by atoms with Gasteiger partial charge in [-0.25, -0.2) is 4.39 Å². The average Bonchev–Trinajstić information content (AvgIpc) is 2.86. The van der Waals surface area contributed by atoms with Gasteiger partial charge in [-0.15, -0.1) is 0 Å². The number of aromatic nitrogens is 1. The van der Waals surface area contributed by atoms with Gasteiger partial charge in [0.2, 0.25) is 0 Å². The predicted octanol–water partition coefficient (Wildman–Crippen LogP) is 2.66. The number of fused-ring (bicyclic) bond motifs is 1. The Morgan fingerprint density at radius 2 is 2.21 bits per heavy atom. The Balaban J connectivity index is 1.99. The van der Waals surface area contributed by atoms with Crippen molar-refractivity contribution in [1.82, 2.24) is 10.3 Å². The number of likely N-dealkylation sites (N-methyl/N-ethyl adjacent to an activating group) is 1. The lowest BCUT2D eigenvalue weighted by atomic mass is 9.89. The van der Waals surface area contributed by atoms with Crippen molar-refractivity contribution in [3.63, 3.8) is 0 Å². The largest absolute Gasteiger partial charge is 0.493 e. The molecular formula is C15H15FN2O. The number of benzene rings is 1. The van der Waals surface area contributed by atoms with Crippen molar-refractivity contribution in [2.45, 2.75) is 12.0 Å². The van der Waals surface area contributed by atoms with Gasteiger partial charge >= 0.3 is 0 Å². The molecule has 0 aliphatic carbocycles. The van der Waals surface area contributed by atoms with Gasteiger partial charge in [-0.3, -0.25) is 4.98 Å². The molecular weight excluding hydrogens is 243 g/mol. The van der Waals surface area contributed by atoms with Crippen LogP contribution in [0.15, 0.2) is 42.7 Å². The van der Waals surface area contributed by atoms with Gasteiger partial charge in [0.15, 0.2) is 0 Å². The highest BCUT2D eigenvalue weighted by Gasteiger charge is 2.32. The third kappa shape index (κ3) is 2.08. The van der Waals surface area contributed by atoms with E-state index in [9.17, 15) is 4.39 Å². The van der Waals surface area contributed by atoms with E-state index < -0.39 is 0 Å². The highest BCUT2D eigenvalue weighted by atomic mass is 19.1. The van der Waals surface area contributed by atoms with E-state index in [1.54, 1.807) is 12.3 Å². The summed E-state index contributed by atoms with van der Waals surface area (Å²) in [5.41, 5.74) is 1.75. The van der Waals surface area contributed by atoms with Gasteiger partial charge in [-0.05, 0) is 19.2 Å². The topological polar surface area (TPSA) is 34.2 Å². The molecule has 0 fully saturated rings. The minimum Gasteiger partial charge on any atom is -0.493 e. The summed E-state index contributed by atoms with van der Waals surface area (Å²) in [6.45, 7) is 0.562. The number of hydrogen-bond acceptors (Lipinski definition) is 3. The Bertz CT molecular complexity index is 588. The minimum absolute atomic E-state index is 0.109. The third-order valence-corrected chi connectivity index (χ3v) is 3.59. The third-order valence-electron chi connectivity index (χ3n) is 3.59. The summed E-state index contributed by atoms with van der Waals surface area (Å²) in [6.07, 6.45) is 2.87. The van der Waals surface area contributed by atoms with Gasteiger partial charge in [0, 0.05) is 29.3 Å². The fraction of sp³-hybridized carbons (Fsp3) is 0.267. The maximum Gasteiger partial charge on any atom is 0.146 e. The summed E-state index contributed by atoms with van der Waals surface area (Å²) >= 11 is 0. The Labute approximate surface area is 111 Å². The molecule has 1 aliphatic rings. The zero-order valence-electron chi connectivity index (χ0n) is 10.6. The summed E-state index contributed by atoms with van der Waals surface area (Å²) in [7, 11) is 1.84. The predicted molar refractivity (Wildman–Crippen MR) is 70.7 cm³/mol. The highest BCUT2D eigenvalue weighted by Crippen LogP contribution is 2.41. The molecule has 0 spiro atoms. The van der Waals surface area contributed by atoms with Crippen LogP contribution in [0.25, 0.3) is 0 Å². The smallest absolute Gasteiger partial charge is 0.146 e. The molecule has 2 heterocycles. The quantitative estimate of drug-likeness (QED) is 0.919. The van der Waals surface area contributed by atoms with Crippen molar-refractivity contribution in [2.24, 2.45) is 0 Å². The van der Waals surface area contributed by atoms with E-state index in [-0.39, 0.29) is 17.8 Å². The molecule has 1 aliphatic heterocycles. The molecule has 0 saturated carbocycles. The number of ether oxygens (including phenoxy) is 1. The van der Waals surface area contributed by atoms with Crippen LogP contribution in [0.2, 0.25) is 0 Å². The summed E-state index contributed by atoms with van der Waals surface area (Å²) in [6, 6.07) is 9.52. The molecule has 4 heteroatoms. The van der Waals surface area contributed by atoms with Gasteiger partial charge in [0.1, 0.15) is 11.6 Å². The molecule has 0 saturated heterocycles. The Hall–Kier alpha value is -1.94. The molecule has 0 amide bonds. The van der Waals surface area contributed by atoms with E-state index in [1.165, 1.54) is 6.20 Å². The fourth-order valence-electron chi connectivity index (χ4n) is 2.68. The molecule has 19 heavy (non-hydrogen) atoms. The van der Waals surface area contributed by atoms with Crippen LogP contribution in [-0.4, -0.2) is 18.6 Å². The van der Waals surface area contributed by atoms with Crippen LogP contribution < -0.4 is 10.1 Å². The van der Waals surface area contributed by atoms with Crippen molar-refractivity contribution in [3.05, 3.63) is 59.7 Å². The molecule has 1 N–H and O–H groups in total. The number of nitrogens with zero attached hydrogens (tertiary/aromatic N) is 1. The Morgan fingerprint density at radius 1 is 1.37 bits per heavy atom. The van der Waals surface area contributed by atoms with E-state index >= 15 is 0 Å². The zero-order valence-corrected chi connectivity index (χ0v) is 10.6. The van der Waals surface area contributed by atoms with E-state index in [1.807, 2.05) is 31.3 Å². The van der Waals surface area contributed by atoms with Gasteiger partial charge in [-0.1, -0.05) is 18.2 Å². The maximum atomic E-state index is 13.9. The van der Waals surface area contributed by atoms with Crippen LogP contribution in [0.5, 0.6) is 5.75 Å². The van der Waals surface area contributed by atoms with Crippen LogP contribution >= 0.6 is 0 Å². The SMILES string of the molecule is CNC(c1ccncc1F)C1COc2ccccc21. The normalized spacial score (nSPS) is 18.7. The van der Waals surface area contributed by atoms with E-state index in [2.05, 4.69) is 10.3 Å². The first-order chi connectivity index (χ1) is 9.31. The molecule has 1 aromatic heterocycles. The molecule has 2 unspecified atom stereocenters. The first-order valence-electron chi connectivity index (χ1n) is 6.29. The second kappa shape index (κ2) is 4.97. The van der Waals surface area contributed by atoms with E-state index in [0.717, 1.165) is 11.3 Å². The van der Waals surface area contributed by atoms with Crippen LogP contribution in [0.4, 0.5) is 4.39 Å². The summed E-state index contributed by atoms with van der Waals surface area (Å²) < 4.78 is 19.6. The number of para-hydroxylation sites is 1. The lowest BCUT2D eigenvalue weighted by Gasteiger charge is -2.23. The number of hydrogen-bond donors (Lipinski definition) is 1. The second-order valence-electron chi connectivity index (χ2n) is 4.62. The van der Waals surface area contributed by atoms with Crippen LogP contribution in [-0.2, 0) is 0 Å². The van der Waals surface area contributed by atoms with Crippen molar-refractivity contribution >= 4 is 0 Å². The standard InChI is InChI=1S/C15H15FN2O/c1-17-15(11-6-7-18-8-13(11)16)12-9-19-14-5-3-2-4-10(12)14/h2-8,12,15,17H,9H2,1H3. The first-order valence-corrected chi connectivity index (χ1v) is 6.29. The van der Waals surface area contributed by atoms with E-state index in [4.69, 9.17) is 4.74 Å². The van der Waals surface area contributed by atoms with Crippen molar-refractivity contribution in [2.75, 3.05) is 13.7 Å². The Kier molecular flexibility index (Phi) is 3.17. The molecule has 98 valence electrons. The minimum atomic E-state index is -0.286. The first kappa shape index (κ1) is 12.1. The molecule has 2 aromatic rings. The van der Waals surface area contributed by atoms with Gasteiger partial charge in [0.05, 0.1) is 12.8 Å². The highest BCUT2D eigenvalue weighted by molar-refractivity contribution is 5.42. The lowest BCUT2D eigenvalue weighted by molar-refractivity contribution is 0.302. The zero-order chi connectivity index (χ0) is 13.2. The van der Waals surface area contributed by atoms with E-state index in [0.29, 0.717) is 12.2 Å². The monoisotopic (exact) mass is 258 g/mol. The lowest BCUT2D eigenvalue weighted by Crippen LogP contribution is -2.25. The molecule has 3 nitrogen and oxygen atoms in total. The second-order valence-corrected chi connectivity index (χ2v) is 4.62. The van der Waals surface area contributed by atoms with Gasteiger partial charge < -0.3 is 10.1 Å². The molecule has 2 atom stereocenters. The number of rotatable bonds is 3. The fourth-order valence-corrected chi connectivity index (χ4v) is 2.68. The average molecular weight is 258 g/mol.